The number of halogens is 1. The zero-order valence-corrected chi connectivity index (χ0v) is 11.6. The summed E-state index contributed by atoms with van der Waals surface area (Å²) in [6.07, 6.45) is 5.62. The van der Waals surface area contributed by atoms with E-state index in [0.29, 0.717) is 12.0 Å². The lowest BCUT2D eigenvalue weighted by atomic mass is 10.1. The first-order valence-corrected chi connectivity index (χ1v) is 7.09. The van der Waals surface area contributed by atoms with E-state index < -0.39 is 0 Å². The van der Waals surface area contributed by atoms with Gasteiger partial charge in [0.05, 0.1) is 5.38 Å². The molecule has 2 aromatic rings. The van der Waals surface area contributed by atoms with Crippen LogP contribution in [0.2, 0.25) is 0 Å². The predicted octanol–water partition coefficient (Wildman–Crippen LogP) is 4.09. The molecule has 3 nitrogen and oxygen atoms in total. The molecule has 18 heavy (non-hydrogen) atoms. The molecule has 1 saturated carbocycles. The van der Waals surface area contributed by atoms with Crippen molar-refractivity contribution in [3.05, 3.63) is 24.2 Å². The fourth-order valence-corrected chi connectivity index (χ4v) is 3.22. The third kappa shape index (κ3) is 1.81. The fraction of sp³-hybridized carbons (Fsp3) is 0.571. The summed E-state index contributed by atoms with van der Waals surface area (Å²) in [6, 6.07) is 4.45. The molecular weight excluding hydrogens is 246 g/mol. The van der Waals surface area contributed by atoms with Gasteiger partial charge in [-0.15, -0.1) is 11.6 Å². The summed E-state index contributed by atoms with van der Waals surface area (Å²) in [4.78, 5) is 9.16. The number of imidazole rings is 1. The number of fused-ring (bicyclic) bond motifs is 1. The van der Waals surface area contributed by atoms with Crippen molar-refractivity contribution >= 4 is 22.8 Å². The van der Waals surface area contributed by atoms with Crippen molar-refractivity contribution < 1.29 is 0 Å². The van der Waals surface area contributed by atoms with Crippen LogP contribution in [0.25, 0.3) is 11.2 Å². The molecule has 2 aromatic heterocycles. The highest BCUT2D eigenvalue weighted by Gasteiger charge is 2.29. The molecule has 1 aliphatic carbocycles. The van der Waals surface area contributed by atoms with Crippen LogP contribution in [0.1, 0.15) is 50.4 Å². The van der Waals surface area contributed by atoms with Crippen LogP contribution < -0.4 is 0 Å². The second-order valence-corrected chi connectivity index (χ2v) is 5.93. The zero-order valence-electron chi connectivity index (χ0n) is 10.8. The van der Waals surface area contributed by atoms with Gasteiger partial charge in [0.2, 0.25) is 0 Å². The first-order chi connectivity index (χ1) is 8.68. The van der Waals surface area contributed by atoms with E-state index in [4.69, 9.17) is 11.6 Å². The van der Waals surface area contributed by atoms with E-state index >= 15 is 0 Å². The van der Waals surface area contributed by atoms with Crippen LogP contribution in [0.15, 0.2) is 18.3 Å². The second kappa shape index (κ2) is 4.54. The number of nitrogens with zero attached hydrogens (tertiary/aromatic N) is 3. The van der Waals surface area contributed by atoms with Crippen molar-refractivity contribution in [1.29, 1.82) is 0 Å². The lowest BCUT2D eigenvalue weighted by Gasteiger charge is -2.21. The predicted molar refractivity (Wildman–Crippen MR) is 73.8 cm³/mol. The van der Waals surface area contributed by atoms with Crippen LogP contribution in [-0.4, -0.2) is 14.5 Å². The molecule has 0 amide bonds. The average molecular weight is 264 g/mol. The van der Waals surface area contributed by atoms with Crippen LogP contribution in [-0.2, 0) is 0 Å². The quantitative estimate of drug-likeness (QED) is 0.764. The van der Waals surface area contributed by atoms with Gasteiger partial charge >= 0.3 is 0 Å². The van der Waals surface area contributed by atoms with Crippen LogP contribution >= 0.6 is 11.6 Å². The van der Waals surface area contributed by atoms with E-state index in [0.717, 1.165) is 17.0 Å². The van der Waals surface area contributed by atoms with Crippen LogP contribution in [0.3, 0.4) is 0 Å². The standard InChI is InChI=1S/C14H18ClN3/c1-9-5-3-7-12(9)18-13(10(2)15)17-11-6-4-8-16-14(11)18/h4,6,8-10,12H,3,5,7H2,1-2H3. The maximum atomic E-state index is 6.29. The Morgan fingerprint density at radius 1 is 1.44 bits per heavy atom. The summed E-state index contributed by atoms with van der Waals surface area (Å²) >= 11 is 6.29. The first-order valence-electron chi connectivity index (χ1n) is 6.65. The number of rotatable bonds is 2. The fourth-order valence-electron chi connectivity index (χ4n) is 3.06. The maximum Gasteiger partial charge on any atom is 0.160 e. The van der Waals surface area contributed by atoms with Gasteiger partial charge in [-0.25, -0.2) is 9.97 Å². The maximum absolute atomic E-state index is 6.29. The SMILES string of the molecule is CC(Cl)c1nc2cccnc2n1C1CCCC1C. The molecule has 3 unspecified atom stereocenters. The van der Waals surface area contributed by atoms with E-state index in [1.165, 1.54) is 19.3 Å². The summed E-state index contributed by atoms with van der Waals surface area (Å²) in [6.45, 7) is 4.30. The van der Waals surface area contributed by atoms with Crippen molar-refractivity contribution in [3.8, 4) is 0 Å². The highest BCUT2D eigenvalue weighted by molar-refractivity contribution is 6.20. The van der Waals surface area contributed by atoms with Crippen molar-refractivity contribution in [3.63, 3.8) is 0 Å². The number of hydrogen-bond acceptors (Lipinski definition) is 2. The summed E-state index contributed by atoms with van der Waals surface area (Å²) in [5.74, 6) is 1.64. The van der Waals surface area contributed by atoms with E-state index in [2.05, 4.69) is 21.5 Å². The van der Waals surface area contributed by atoms with Crippen LogP contribution in [0.5, 0.6) is 0 Å². The Hall–Kier alpha value is -1.09. The van der Waals surface area contributed by atoms with Crippen molar-refractivity contribution in [1.82, 2.24) is 14.5 Å². The summed E-state index contributed by atoms with van der Waals surface area (Å²) in [7, 11) is 0. The second-order valence-electron chi connectivity index (χ2n) is 5.28. The van der Waals surface area contributed by atoms with Crippen molar-refractivity contribution in [2.45, 2.75) is 44.5 Å². The van der Waals surface area contributed by atoms with Gasteiger partial charge in [0.15, 0.2) is 5.65 Å². The minimum absolute atomic E-state index is 0.0769. The highest BCUT2D eigenvalue weighted by Crippen LogP contribution is 2.39. The molecule has 0 aliphatic heterocycles. The molecule has 0 saturated heterocycles. The van der Waals surface area contributed by atoms with Crippen LogP contribution in [0.4, 0.5) is 0 Å². The largest absolute Gasteiger partial charge is 0.308 e. The molecule has 2 heterocycles. The van der Waals surface area contributed by atoms with Gasteiger partial charge < -0.3 is 4.57 Å². The minimum Gasteiger partial charge on any atom is -0.308 e. The smallest absolute Gasteiger partial charge is 0.160 e. The number of pyridine rings is 1. The Bertz CT molecular complexity index is 561. The molecule has 0 spiro atoms. The minimum atomic E-state index is -0.0769. The van der Waals surface area contributed by atoms with Gasteiger partial charge in [-0.3, -0.25) is 0 Å². The van der Waals surface area contributed by atoms with Crippen molar-refractivity contribution in [2.75, 3.05) is 0 Å². The molecule has 96 valence electrons. The van der Waals surface area contributed by atoms with Gasteiger partial charge in [0.1, 0.15) is 11.3 Å². The summed E-state index contributed by atoms with van der Waals surface area (Å²) in [5.41, 5.74) is 1.94. The van der Waals surface area contributed by atoms with Gasteiger partial charge in [0, 0.05) is 12.2 Å². The molecule has 0 radical (unpaired) electrons. The average Bonchev–Trinajstić information content (AvgIpc) is 2.92. The molecule has 1 fully saturated rings. The van der Waals surface area contributed by atoms with Gasteiger partial charge in [0.25, 0.3) is 0 Å². The molecule has 1 aliphatic rings. The molecule has 3 rings (SSSR count). The van der Waals surface area contributed by atoms with E-state index in [1.807, 2.05) is 25.3 Å². The van der Waals surface area contributed by atoms with Gasteiger partial charge in [-0.2, -0.15) is 0 Å². The molecule has 0 N–H and O–H groups in total. The molecule has 0 aromatic carbocycles. The van der Waals surface area contributed by atoms with Gasteiger partial charge in [-0.05, 0) is 37.8 Å². The zero-order chi connectivity index (χ0) is 12.7. The third-order valence-electron chi connectivity index (χ3n) is 3.98. The summed E-state index contributed by atoms with van der Waals surface area (Å²) in [5, 5.41) is -0.0769. The molecule has 4 heteroatoms. The van der Waals surface area contributed by atoms with Gasteiger partial charge in [-0.1, -0.05) is 13.3 Å². The lowest BCUT2D eigenvalue weighted by Crippen LogP contribution is -2.15. The monoisotopic (exact) mass is 263 g/mol. The Labute approximate surface area is 112 Å². The molecule has 0 bridgehead atoms. The first kappa shape index (κ1) is 12.0. The van der Waals surface area contributed by atoms with E-state index in [1.54, 1.807) is 0 Å². The normalized spacial score (nSPS) is 25.7. The van der Waals surface area contributed by atoms with E-state index in [-0.39, 0.29) is 5.38 Å². The highest BCUT2D eigenvalue weighted by atomic mass is 35.5. The van der Waals surface area contributed by atoms with Crippen molar-refractivity contribution in [2.24, 2.45) is 5.92 Å². The summed E-state index contributed by atoms with van der Waals surface area (Å²) < 4.78 is 2.28. The topological polar surface area (TPSA) is 30.7 Å². The lowest BCUT2D eigenvalue weighted by molar-refractivity contribution is 0.403. The number of alkyl halides is 1. The molecule has 3 atom stereocenters. The third-order valence-corrected chi connectivity index (χ3v) is 4.17. The molecular formula is C14H18ClN3. The van der Waals surface area contributed by atoms with E-state index in [9.17, 15) is 0 Å². The Morgan fingerprint density at radius 2 is 2.28 bits per heavy atom. The Kier molecular flexibility index (Phi) is 3.02. The number of aromatic nitrogens is 3. The Balaban J connectivity index is 2.21. The Morgan fingerprint density at radius 3 is 2.94 bits per heavy atom. The van der Waals surface area contributed by atoms with Crippen LogP contribution in [0, 0.1) is 5.92 Å². The number of hydrogen-bond donors (Lipinski definition) is 0.